The zero-order valence-corrected chi connectivity index (χ0v) is 19.9. The van der Waals surface area contributed by atoms with Crippen molar-refractivity contribution < 1.29 is 14.3 Å². The molecule has 1 aromatic carbocycles. The first-order valence-corrected chi connectivity index (χ1v) is 11.3. The van der Waals surface area contributed by atoms with E-state index in [1.165, 1.54) is 11.3 Å². The number of rotatable bonds is 4. The molecule has 2 aromatic rings. The van der Waals surface area contributed by atoms with Gasteiger partial charge in [0.15, 0.2) is 4.32 Å². The van der Waals surface area contributed by atoms with Crippen LogP contribution >= 0.6 is 80.5 Å². The van der Waals surface area contributed by atoms with E-state index in [-0.39, 0.29) is 16.1 Å². The maximum atomic E-state index is 12.7. The molecule has 134 valence electrons. The third-order valence-corrected chi connectivity index (χ3v) is 6.87. The molecular formula is C16H10I2N2O3S3. The van der Waals surface area contributed by atoms with Gasteiger partial charge in [-0.1, -0.05) is 17.8 Å². The summed E-state index contributed by atoms with van der Waals surface area (Å²) in [6.45, 7) is 0. The van der Waals surface area contributed by atoms with Crippen LogP contribution in [0.4, 0.5) is 0 Å². The molecule has 0 unspecified atom stereocenters. The molecule has 1 aliphatic heterocycles. The Morgan fingerprint density at radius 2 is 2.15 bits per heavy atom. The summed E-state index contributed by atoms with van der Waals surface area (Å²) in [5.41, 5.74) is 3.35. The van der Waals surface area contributed by atoms with Gasteiger partial charge in [0.2, 0.25) is 0 Å². The van der Waals surface area contributed by atoms with Crippen LogP contribution in [0.15, 0.2) is 34.6 Å². The summed E-state index contributed by atoms with van der Waals surface area (Å²) in [7, 11) is 1.59. The lowest BCUT2D eigenvalue weighted by Gasteiger charge is -2.14. The van der Waals surface area contributed by atoms with Crippen molar-refractivity contribution in [2.24, 2.45) is 0 Å². The van der Waals surface area contributed by atoms with Crippen molar-refractivity contribution >= 4 is 103 Å². The first kappa shape index (κ1) is 20.0. The number of halogens is 2. The second kappa shape index (κ2) is 8.54. The summed E-state index contributed by atoms with van der Waals surface area (Å²) in [4.78, 5) is 25.8. The molecule has 5 nitrogen and oxygen atoms in total. The van der Waals surface area contributed by atoms with E-state index in [2.05, 4.69) is 50.6 Å². The van der Waals surface area contributed by atoms with Crippen molar-refractivity contribution in [2.75, 3.05) is 7.11 Å². The number of thiocarbonyl (C=S) groups is 1. The highest BCUT2D eigenvalue weighted by Gasteiger charge is 2.34. The maximum absolute atomic E-state index is 12.7. The van der Waals surface area contributed by atoms with Gasteiger partial charge >= 0.3 is 0 Å². The summed E-state index contributed by atoms with van der Waals surface area (Å²) in [6, 6.07) is 7.38. The lowest BCUT2D eigenvalue weighted by molar-refractivity contribution is -0.123. The van der Waals surface area contributed by atoms with Gasteiger partial charge in [0, 0.05) is 9.13 Å². The molecular weight excluding hydrogens is 618 g/mol. The van der Waals surface area contributed by atoms with Crippen LogP contribution in [0.1, 0.15) is 15.2 Å². The number of methoxy groups -OCH3 is 1. The quantitative estimate of drug-likeness (QED) is 0.307. The Kier molecular flexibility index (Phi) is 6.59. The molecule has 26 heavy (non-hydrogen) atoms. The molecule has 0 radical (unpaired) electrons. The standard InChI is InChI=1S/C16H10I2N2O3S3/c1-23-13-8(5-9(17)7-10(13)18)6-12-15(22)20(16(24)26-12)19-14(21)11-3-2-4-25-11/h2-7H,1H3,(H,19,21). The van der Waals surface area contributed by atoms with Gasteiger partial charge in [-0.15, -0.1) is 11.3 Å². The molecule has 2 amide bonds. The van der Waals surface area contributed by atoms with Crippen LogP contribution in [-0.4, -0.2) is 28.3 Å². The molecule has 0 bridgehead atoms. The predicted octanol–water partition coefficient (Wildman–Crippen LogP) is 4.51. The molecule has 1 N–H and O–H groups in total. The van der Waals surface area contributed by atoms with Crippen LogP contribution in [-0.2, 0) is 4.79 Å². The highest BCUT2D eigenvalue weighted by Crippen LogP contribution is 2.35. The van der Waals surface area contributed by atoms with Gasteiger partial charge in [0.05, 0.1) is 20.5 Å². The number of amides is 2. The smallest absolute Gasteiger partial charge is 0.285 e. The summed E-state index contributed by atoms with van der Waals surface area (Å²) in [5.74, 6) is -0.0290. The van der Waals surface area contributed by atoms with Gasteiger partial charge in [-0.3, -0.25) is 15.0 Å². The maximum Gasteiger partial charge on any atom is 0.285 e. The van der Waals surface area contributed by atoms with E-state index in [4.69, 9.17) is 17.0 Å². The number of benzene rings is 1. The van der Waals surface area contributed by atoms with Crippen molar-refractivity contribution in [3.63, 3.8) is 0 Å². The molecule has 0 aliphatic carbocycles. The number of hydrogen-bond acceptors (Lipinski definition) is 6. The lowest BCUT2D eigenvalue weighted by atomic mass is 10.2. The van der Waals surface area contributed by atoms with Crippen molar-refractivity contribution in [3.8, 4) is 5.75 Å². The number of nitrogens with zero attached hydrogens (tertiary/aromatic N) is 1. The first-order valence-electron chi connectivity index (χ1n) is 7.06. The molecule has 1 aromatic heterocycles. The van der Waals surface area contributed by atoms with Crippen LogP contribution in [0, 0.1) is 7.14 Å². The van der Waals surface area contributed by atoms with Gasteiger partial charge in [-0.05, 0) is 87.1 Å². The van der Waals surface area contributed by atoms with Gasteiger partial charge in [0.1, 0.15) is 5.75 Å². The van der Waals surface area contributed by atoms with E-state index in [0.717, 1.165) is 29.5 Å². The number of thioether (sulfide) groups is 1. The average molecular weight is 628 g/mol. The van der Waals surface area contributed by atoms with E-state index in [9.17, 15) is 9.59 Å². The highest BCUT2D eigenvalue weighted by atomic mass is 127. The Morgan fingerprint density at radius 1 is 1.38 bits per heavy atom. The number of hydrazine groups is 1. The molecule has 0 saturated carbocycles. The van der Waals surface area contributed by atoms with Crippen LogP contribution in [0.5, 0.6) is 5.75 Å². The van der Waals surface area contributed by atoms with Gasteiger partial charge < -0.3 is 4.74 Å². The van der Waals surface area contributed by atoms with Gasteiger partial charge in [-0.2, -0.15) is 5.01 Å². The van der Waals surface area contributed by atoms with E-state index < -0.39 is 0 Å². The van der Waals surface area contributed by atoms with E-state index in [0.29, 0.717) is 15.5 Å². The molecule has 1 aliphatic rings. The molecule has 2 heterocycles. The fourth-order valence-electron chi connectivity index (χ4n) is 2.17. The fourth-order valence-corrected chi connectivity index (χ4v) is 6.07. The van der Waals surface area contributed by atoms with E-state index >= 15 is 0 Å². The Labute approximate surface area is 190 Å². The van der Waals surface area contributed by atoms with Crippen molar-refractivity contribution in [1.29, 1.82) is 0 Å². The Balaban J connectivity index is 1.87. The monoisotopic (exact) mass is 628 g/mol. The molecule has 0 atom stereocenters. The molecule has 3 rings (SSSR count). The number of thiophene rings is 1. The minimum atomic E-state index is -0.362. The van der Waals surface area contributed by atoms with Crippen LogP contribution < -0.4 is 10.2 Å². The predicted molar refractivity (Wildman–Crippen MR) is 125 cm³/mol. The van der Waals surface area contributed by atoms with Crippen LogP contribution in [0.2, 0.25) is 0 Å². The molecule has 10 heteroatoms. The third kappa shape index (κ3) is 4.24. The zero-order valence-electron chi connectivity index (χ0n) is 13.1. The zero-order chi connectivity index (χ0) is 18.8. The number of hydrogen-bond donors (Lipinski definition) is 1. The van der Waals surface area contributed by atoms with Crippen molar-refractivity contribution in [3.05, 3.63) is 52.1 Å². The summed E-state index contributed by atoms with van der Waals surface area (Å²) in [6.07, 6.45) is 1.74. The molecule has 1 saturated heterocycles. The number of carbonyl (C=O) groups is 2. The first-order chi connectivity index (χ1) is 12.4. The van der Waals surface area contributed by atoms with Crippen LogP contribution in [0.25, 0.3) is 6.08 Å². The SMILES string of the molecule is COc1c(I)cc(I)cc1C=C1SC(=S)N(NC(=O)c2cccs2)C1=O. The summed E-state index contributed by atoms with van der Waals surface area (Å²) >= 11 is 12.1. The Hall–Kier alpha value is -0.700. The highest BCUT2D eigenvalue weighted by molar-refractivity contribution is 14.1. The number of ether oxygens (including phenoxy) is 1. The number of nitrogens with one attached hydrogen (secondary N) is 1. The minimum absolute atomic E-state index is 0.283. The van der Waals surface area contributed by atoms with E-state index in [1.807, 2.05) is 12.1 Å². The van der Waals surface area contributed by atoms with E-state index in [1.54, 1.807) is 30.7 Å². The van der Waals surface area contributed by atoms with Gasteiger partial charge in [-0.25, -0.2) is 0 Å². The van der Waals surface area contributed by atoms with Gasteiger partial charge in [0.25, 0.3) is 11.8 Å². The number of carbonyl (C=O) groups excluding carboxylic acids is 2. The second-order valence-electron chi connectivity index (χ2n) is 4.95. The minimum Gasteiger partial charge on any atom is -0.495 e. The van der Waals surface area contributed by atoms with Crippen molar-refractivity contribution in [2.45, 2.75) is 0 Å². The Bertz CT molecular complexity index is 929. The fraction of sp³-hybridized carbons (Fsp3) is 0.0625. The summed E-state index contributed by atoms with van der Waals surface area (Å²) in [5, 5.41) is 2.91. The normalized spacial score (nSPS) is 15.7. The second-order valence-corrected chi connectivity index (χ2v) is 9.98. The lowest BCUT2D eigenvalue weighted by Crippen LogP contribution is -2.44. The molecule has 0 spiro atoms. The average Bonchev–Trinajstić information content (AvgIpc) is 3.19. The largest absolute Gasteiger partial charge is 0.495 e. The van der Waals surface area contributed by atoms with Crippen molar-refractivity contribution in [1.82, 2.24) is 10.4 Å². The third-order valence-electron chi connectivity index (χ3n) is 3.28. The Morgan fingerprint density at radius 3 is 2.81 bits per heavy atom. The van der Waals surface area contributed by atoms with Crippen LogP contribution in [0.3, 0.4) is 0 Å². The topological polar surface area (TPSA) is 58.6 Å². The summed E-state index contributed by atoms with van der Waals surface area (Å²) < 4.78 is 7.71. The molecule has 1 fully saturated rings.